The number of phenols is 1. The molecule has 0 aliphatic heterocycles. The van der Waals surface area contributed by atoms with Crippen molar-refractivity contribution in [3.63, 3.8) is 0 Å². The minimum Gasteiger partial charge on any atom is -0.508 e. The van der Waals surface area contributed by atoms with E-state index in [1.807, 2.05) is 12.1 Å². The van der Waals surface area contributed by atoms with Gasteiger partial charge < -0.3 is 5.11 Å². The van der Waals surface area contributed by atoms with Gasteiger partial charge in [-0.3, -0.25) is 0 Å². The first-order valence-corrected chi connectivity index (χ1v) is 10.6. The van der Waals surface area contributed by atoms with Crippen molar-refractivity contribution >= 4 is 0 Å². The molecule has 1 fully saturated rings. The molecular formula is C23H36O. The predicted molar refractivity (Wildman–Crippen MR) is 102 cm³/mol. The third kappa shape index (κ3) is 4.77. The van der Waals surface area contributed by atoms with E-state index in [1.54, 1.807) is 0 Å². The molecule has 3 rings (SSSR count). The first-order valence-electron chi connectivity index (χ1n) is 10.6. The minimum atomic E-state index is 0.437. The number of hydrogen-bond acceptors (Lipinski definition) is 1. The van der Waals surface area contributed by atoms with Crippen molar-refractivity contribution < 1.29 is 5.11 Å². The van der Waals surface area contributed by atoms with Crippen molar-refractivity contribution in [2.24, 2.45) is 17.8 Å². The van der Waals surface area contributed by atoms with Crippen LogP contribution in [0.5, 0.6) is 5.75 Å². The molecule has 1 aromatic carbocycles. The molecule has 24 heavy (non-hydrogen) atoms. The smallest absolute Gasteiger partial charge is 0.115 e. The molecule has 0 radical (unpaired) electrons. The largest absolute Gasteiger partial charge is 0.508 e. The van der Waals surface area contributed by atoms with Gasteiger partial charge in [0, 0.05) is 0 Å². The van der Waals surface area contributed by atoms with Crippen LogP contribution in [0.15, 0.2) is 18.2 Å². The van der Waals surface area contributed by atoms with Gasteiger partial charge in [-0.25, -0.2) is 0 Å². The van der Waals surface area contributed by atoms with Crippen molar-refractivity contribution in [3.05, 3.63) is 29.3 Å². The van der Waals surface area contributed by atoms with Crippen LogP contribution in [0, 0.1) is 17.8 Å². The van der Waals surface area contributed by atoms with Gasteiger partial charge >= 0.3 is 0 Å². The van der Waals surface area contributed by atoms with Crippen molar-refractivity contribution in [1.82, 2.24) is 0 Å². The van der Waals surface area contributed by atoms with Crippen LogP contribution >= 0.6 is 0 Å². The molecule has 0 spiro atoms. The second-order valence-electron chi connectivity index (χ2n) is 8.44. The van der Waals surface area contributed by atoms with Crippen LogP contribution in [-0.2, 0) is 12.8 Å². The van der Waals surface area contributed by atoms with Crippen LogP contribution in [0.25, 0.3) is 0 Å². The minimum absolute atomic E-state index is 0.437. The highest BCUT2D eigenvalue weighted by atomic mass is 16.3. The van der Waals surface area contributed by atoms with Gasteiger partial charge in [-0.05, 0) is 73.1 Å². The van der Waals surface area contributed by atoms with E-state index in [0.29, 0.717) is 5.75 Å². The summed E-state index contributed by atoms with van der Waals surface area (Å²) in [5, 5.41) is 9.65. The van der Waals surface area contributed by atoms with Crippen LogP contribution in [0.2, 0.25) is 0 Å². The van der Waals surface area contributed by atoms with E-state index >= 15 is 0 Å². The number of rotatable bonds is 7. The fraction of sp³-hybridized carbons (Fsp3) is 0.739. The number of phenolic OH excluding ortho intramolecular Hbond substituents is 1. The van der Waals surface area contributed by atoms with Gasteiger partial charge in [-0.2, -0.15) is 0 Å². The number of benzene rings is 1. The molecule has 0 bridgehead atoms. The summed E-state index contributed by atoms with van der Waals surface area (Å²) in [7, 11) is 0. The average Bonchev–Trinajstić information content (AvgIpc) is 2.62. The number of aryl methyl sites for hydroxylation is 1. The Morgan fingerprint density at radius 1 is 0.875 bits per heavy atom. The second-order valence-corrected chi connectivity index (χ2v) is 8.44. The van der Waals surface area contributed by atoms with E-state index in [4.69, 9.17) is 0 Å². The van der Waals surface area contributed by atoms with E-state index in [2.05, 4.69) is 13.0 Å². The molecule has 2 aliphatic carbocycles. The molecule has 1 aromatic rings. The molecule has 0 heterocycles. The van der Waals surface area contributed by atoms with Gasteiger partial charge in [0.25, 0.3) is 0 Å². The standard InChI is InChI=1S/C23H36O/c1-2-3-4-5-6-7-18-8-10-19(11-9-18)20-12-13-22-17-23(24)15-14-21(22)16-20/h14-15,17-20,24H,2-13,16H2,1H3. The van der Waals surface area contributed by atoms with Gasteiger partial charge in [0.1, 0.15) is 5.75 Å². The Balaban J connectivity index is 1.40. The van der Waals surface area contributed by atoms with Crippen molar-refractivity contribution in [2.45, 2.75) is 90.4 Å². The van der Waals surface area contributed by atoms with E-state index in [0.717, 1.165) is 17.8 Å². The van der Waals surface area contributed by atoms with Crippen molar-refractivity contribution in [1.29, 1.82) is 0 Å². The van der Waals surface area contributed by atoms with Crippen molar-refractivity contribution in [3.8, 4) is 5.75 Å². The second kappa shape index (κ2) is 8.92. The molecule has 2 aliphatic rings. The van der Waals surface area contributed by atoms with Gasteiger partial charge in [-0.15, -0.1) is 0 Å². The lowest BCUT2D eigenvalue weighted by atomic mass is 9.69. The highest BCUT2D eigenvalue weighted by Gasteiger charge is 2.30. The van der Waals surface area contributed by atoms with Gasteiger partial charge in [-0.1, -0.05) is 64.4 Å². The van der Waals surface area contributed by atoms with Crippen molar-refractivity contribution in [2.75, 3.05) is 0 Å². The maximum absolute atomic E-state index is 9.65. The molecular weight excluding hydrogens is 292 g/mol. The quantitative estimate of drug-likeness (QED) is 0.554. The number of unbranched alkanes of at least 4 members (excludes halogenated alkanes) is 4. The molecule has 1 heteroatoms. The Kier molecular flexibility index (Phi) is 6.63. The molecule has 134 valence electrons. The van der Waals surface area contributed by atoms with E-state index < -0.39 is 0 Å². The molecule has 1 saturated carbocycles. The molecule has 0 saturated heterocycles. The fourth-order valence-electron chi connectivity index (χ4n) is 5.16. The maximum atomic E-state index is 9.65. The molecule has 1 N–H and O–H groups in total. The summed E-state index contributed by atoms with van der Waals surface area (Å²) in [5.74, 6) is 3.32. The van der Waals surface area contributed by atoms with Gasteiger partial charge in [0.2, 0.25) is 0 Å². The first kappa shape index (κ1) is 17.8. The Morgan fingerprint density at radius 2 is 1.67 bits per heavy atom. The summed E-state index contributed by atoms with van der Waals surface area (Å²) in [6.07, 6.45) is 18.3. The molecule has 0 aromatic heterocycles. The molecule has 1 nitrogen and oxygen atoms in total. The highest BCUT2D eigenvalue weighted by molar-refractivity contribution is 5.36. The summed E-state index contributed by atoms with van der Waals surface area (Å²) in [5.41, 5.74) is 2.90. The Hall–Kier alpha value is -0.980. The van der Waals surface area contributed by atoms with Crippen LogP contribution in [0.4, 0.5) is 0 Å². The SMILES string of the molecule is CCCCCCCC1CCC(C2CCc3cc(O)ccc3C2)CC1. The summed E-state index contributed by atoms with van der Waals surface area (Å²) < 4.78 is 0. The summed E-state index contributed by atoms with van der Waals surface area (Å²) in [6.45, 7) is 2.30. The summed E-state index contributed by atoms with van der Waals surface area (Å²) in [6, 6.07) is 6.02. The normalized spacial score (nSPS) is 27.0. The zero-order chi connectivity index (χ0) is 16.8. The predicted octanol–water partition coefficient (Wildman–Crippen LogP) is 6.66. The lowest BCUT2D eigenvalue weighted by molar-refractivity contribution is 0.182. The monoisotopic (exact) mass is 328 g/mol. The van der Waals surface area contributed by atoms with Gasteiger partial charge in [0.05, 0.1) is 0 Å². The zero-order valence-corrected chi connectivity index (χ0v) is 15.6. The Labute approximate surface area is 148 Å². The fourth-order valence-corrected chi connectivity index (χ4v) is 5.16. The van der Waals surface area contributed by atoms with E-state index in [9.17, 15) is 5.11 Å². The zero-order valence-electron chi connectivity index (χ0n) is 15.6. The summed E-state index contributed by atoms with van der Waals surface area (Å²) >= 11 is 0. The van der Waals surface area contributed by atoms with Gasteiger partial charge in [0.15, 0.2) is 0 Å². The van der Waals surface area contributed by atoms with Crippen LogP contribution in [0.1, 0.15) is 88.7 Å². The first-order chi connectivity index (χ1) is 11.8. The Bertz CT molecular complexity index is 499. The summed E-state index contributed by atoms with van der Waals surface area (Å²) in [4.78, 5) is 0. The van der Waals surface area contributed by atoms with E-state index in [-0.39, 0.29) is 0 Å². The third-order valence-electron chi connectivity index (χ3n) is 6.73. The van der Waals surface area contributed by atoms with E-state index in [1.165, 1.54) is 94.6 Å². The number of aromatic hydroxyl groups is 1. The Morgan fingerprint density at radius 3 is 2.46 bits per heavy atom. The number of hydrogen-bond donors (Lipinski definition) is 1. The third-order valence-corrected chi connectivity index (χ3v) is 6.73. The highest BCUT2D eigenvalue weighted by Crippen LogP contribution is 2.41. The number of fused-ring (bicyclic) bond motifs is 1. The average molecular weight is 329 g/mol. The lowest BCUT2D eigenvalue weighted by Gasteiger charge is -2.36. The molecule has 1 atom stereocenters. The maximum Gasteiger partial charge on any atom is 0.115 e. The lowest BCUT2D eigenvalue weighted by Crippen LogP contribution is -2.26. The molecule has 1 unspecified atom stereocenters. The molecule has 0 amide bonds. The van der Waals surface area contributed by atoms with Crippen LogP contribution in [0.3, 0.4) is 0 Å². The topological polar surface area (TPSA) is 20.2 Å². The van der Waals surface area contributed by atoms with Crippen LogP contribution < -0.4 is 0 Å². The van der Waals surface area contributed by atoms with Crippen LogP contribution in [-0.4, -0.2) is 5.11 Å².